The van der Waals surface area contributed by atoms with Crippen LogP contribution in [0.2, 0.25) is 10.2 Å². The van der Waals surface area contributed by atoms with Crippen LogP contribution in [0.3, 0.4) is 0 Å². The molecule has 0 aliphatic rings. The number of rotatable bonds is 4. The van der Waals surface area contributed by atoms with Crippen molar-refractivity contribution < 1.29 is 4.39 Å². The van der Waals surface area contributed by atoms with E-state index in [1.807, 2.05) is 0 Å². The van der Waals surface area contributed by atoms with E-state index >= 15 is 0 Å². The first-order valence-corrected chi connectivity index (χ1v) is 8.50. The Morgan fingerprint density at radius 1 is 1.04 bits per heavy atom. The minimum absolute atomic E-state index is 0.0221. The molecule has 0 bridgehead atoms. The van der Waals surface area contributed by atoms with Crippen molar-refractivity contribution in [2.24, 2.45) is 0 Å². The van der Waals surface area contributed by atoms with E-state index in [1.165, 1.54) is 12.1 Å². The van der Waals surface area contributed by atoms with E-state index in [0.717, 1.165) is 0 Å². The Bertz CT molecular complexity index is 1130. The van der Waals surface area contributed by atoms with Gasteiger partial charge in [-0.2, -0.15) is 4.98 Å². The largest absolute Gasteiger partial charge is 0.368 e. The number of nitrogen functional groups attached to an aromatic ring is 1. The predicted octanol–water partition coefficient (Wildman–Crippen LogP) is 4.87. The van der Waals surface area contributed by atoms with Crippen molar-refractivity contribution in [1.29, 1.82) is 0 Å². The number of anilines is 5. The number of nitrogens with zero attached hydrogens (tertiary/aromatic N) is 3. The first-order valence-electron chi connectivity index (χ1n) is 7.75. The van der Waals surface area contributed by atoms with Crippen LogP contribution in [0.5, 0.6) is 0 Å². The monoisotopic (exact) mass is 403 g/mol. The number of benzene rings is 1. The maximum atomic E-state index is 14.6. The van der Waals surface area contributed by atoms with Crippen LogP contribution in [0.15, 0.2) is 42.7 Å². The van der Waals surface area contributed by atoms with Crippen LogP contribution in [0, 0.1) is 5.82 Å². The average Bonchev–Trinajstić information content (AvgIpc) is 2.99. The Morgan fingerprint density at radius 3 is 2.67 bits per heavy atom. The Kier molecular flexibility index (Phi) is 4.43. The van der Waals surface area contributed by atoms with E-state index in [-0.39, 0.29) is 16.8 Å². The first-order chi connectivity index (χ1) is 13.0. The van der Waals surface area contributed by atoms with Gasteiger partial charge in [-0.3, -0.25) is 0 Å². The second kappa shape index (κ2) is 6.90. The van der Waals surface area contributed by atoms with Gasteiger partial charge < -0.3 is 21.4 Å². The van der Waals surface area contributed by atoms with Gasteiger partial charge in [-0.25, -0.2) is 14.4 Å². The lowest BCUT2D eigenvalue weighted by atomic mass is 10.2. The fraction of sp³-hybridized carbons (Fsp3) is 0. The molecule has 4 rings (SSSR count). The molecule has 0 aliphatic carbocycles. The third-order valence-electron chi connectivity index (χ3n) is 3.75. The number of nitrogens with two attached hydrogens (primary N) is 1. The lowest BCUT2D eigenvalue weighted by Crippen LogP contribution is -2.01. The molecule has 0 atom stereocenters. The van der Waals surface area contributed by atoms with Gasteiger partial charge in [0.25, 0.3) is 0 Å². The maximum absolute atomic E-state index is 14.6. The van der Waals surface area contributed by atoms with Gasteiger partial charge in [0.05, 0.1) is 21.8 Å². The molecule has 0 spiro atoms. The van der Waals surface area contributed by atoms with Gasteiger partial charge in [-0.15, -0.1) is 0 Å². The molecule has 3 heterocycles. The van der Waals surface area contributed by atoms with Crippen LogP contribution in [-0.2, 0) is 0 Å². The number of hydrogen-bond donors (Lipinski definition) is 4. The summed E-state index contributed by atoms with van der Waals surface area (Å²) in [4.78, 5) is 14.9. The van der Waals surface area contributed by atoms with Gasteiger partial charge in [0.1, 0.15) is 22.4 Å². The normalized spacial score (nSPS) is 10.9. The van der Waals surface area contributed by atoms with Crippen LogP contribution >= 0.6 is 23.2 Å². The second-order valence-electron chi connectivity index (χ2n) is 5.60. The molecular formula is C17H12Cl2FN7. The number of fused-ring (bicyclic) bond motifs is 1. The van der Waals surface area contributed by atoms with Crippen molar-refractivity contribution in [3.8, 4) is 0 Å². The standard InChI is InChI=1S/C17H12Cl2FN7/c18-9-7-23-16-15(9)12(3-4-22-16)25-11-2-1-8(5-10(11)20)24-14-6-13(19)26-17(21)27-14/h1-7H,(H2,22,23,25)(H3,21,24,26,27). The summed E-state index contributed by atoms with van der Waals surface area (Å²) in [6.07, 6.45) is 3.24. The molecule has 7 nitrogen and oxygen atoms in total. The molecule has 0 fully saturated rings. The molecule has 27 heavy (non-hydrogen) atoms. The number of H-pyrrole nitrogens is 1. The summed E-state index contributed by atoms with van der Waals surface area (Å²) in [5, 5.41) is 7.34. The van der Waals surface area contributed by atoms with E-state index in [4.69, 9.17) is 28.9 Å². The highest BCUT2D eigenvalue weighted by Crippen LogP contribution is 2.32. The number of hydrogen-bond acceptors (Lipinski definition) is 6. The number of aromatic nitrogens is 4. The molecule has 0 aliphatic heterocycles. The zero-order chi connectivity index (χ0) is 19.0. The zero-order valence-corrected chi connectivity index (χ0v) is 15.1. The van der Waals surface area contributed by atoms with Crippen LogP contribution in [0.1, 0.15) is 0 Å². The highest BCUT2D eigenvalue weighted by molar-refractivity contribution is 6.36. The summed E-state index contributed by atoms with van der Waals surface area (Å²) in [6.45, 7) is 0. The van der Waals surface area contributed by atoms with E-state index in [1.54, 1.807) is 30.6 Å². The van der Waals surface area contributed by atoms with Crippen LogP contribution in [0.4, 0.5) is 33.2 Å². The summed E-state index contributed by atoms with van der Waals surface area (Å²) >= 11 is 12.0. The van der Waals surface area contributed by atoms with Gasteiger partial charge >= 0.3 is 0 Å². The minimum atomic E-state index is -0.468. The van der Waals surface area contributed by atoms with E-state index < -0.39 is 5.82 Å². The van der Waals surface area contributed by atoms with Crippen molar-refractivity contribution in [3.63, 3.8) is 0 Å². The van der Waals surface area contributed by atoms with Gasteiger partial charge in [0, 0.05) is 24.1 Å². The highest BCUT2D eigenvalue weighted by Gasteiger charge is 2.11. The topological polar surface area (TPSA) is 105 Å². The van der Waals surface area contributed by atoms with Crippen molar-refractivity contribution in [2.45, 2.75) is 0 Å². The highest BCUT2D eigenvalue weighted by atomic mass is 35.5. The Hall–Kier alpha value is -3.10. The van der Waals surface area contributed by atoms with Crippen LogP contribution < -0.4 is 16.4 Å². The number of nitrogens with one attached hydrogen (secondary N) is 3. The molecule has 0 radical (unpaired) electrons. The molecule has 5 N–H and O–H groups in total. The van der Waals surface area contributed by atoms with E-state index in [9.17, 15) is 4.39 Å². The lowest BCUT2D eigenvalue weighted by Gasteiger charge is -2.11. The van der Waals surface area contributed by atoms with E-state index in [2.05, 4.69) is 30.6 Å². The van der Waals surface area contributed by atoms with Crippen LogP contribution in [-0.4, -0.2) is 19.9 Å². The van der Waals surface area contributed by atoms with Crippen molar-refractivity contribution >= 4 is 63.1 Å². The zero-order valence-electron chi connectivity index (χ0n) is 13.6. The molecule has 136 valence electrons. The van der Waals surface area contributed by atoms with Gasteiger partial charge in [-0.05, 0) is 24.3 Å². The number of aromatic amines is 1. The molecular weight excluding hydrogens is 392 g/mol. The van der Waals surface area contributed by atoms with Gasteiger partial charge in [-0.1, -0.05) is 23.2 Å². The predicted molar refractivity (Wildman–Crippen MR) is 106 cm³/mol. The summed E-state index contributed by atoms with van der Waals surface area (Å²) in [5.74, 6) is -0.0823. The summed E-state index contributed by atoms with van der Waals surface area (Å²) < 4.78 is 14.6. The first kappa shape index (κ1) is 17.3. The smallest absolute Gasteiger partial charge is 0.223 e. The third-order valence-corrected chi connectivity index (χ3v) is 4.24. The Balaban J connectivity index is 1.61. The average molecular weight is 404 g/mol. The second-order valence-corrected chi connectivity index (χ2v) is 6.39. The summed E-state index contributed by atoms with van der Waals surface area (Å²) in [5.41, 5.74) is 7.57. The molecule has 1 aromatic carbocycles. The summed E-state index contributed by atoms with van der Waals surface area (Å²) in [6, 6.07) is 7.82. The SMILES string of the molecule is Nc1nc(Cl)cc(Nc2ccc(Nc3ccnc4[nH]cc(Cl)c34)c(F)c2)n1. The molecule has 10 heteroatoms. The lowest BCUT2D eigenvalue weighted by molar-refractivity contribution is 0.632. The van der Waals surface area contributed by atoms with Crippen molar-refractivity contribution in [2.75, 3.05) is 16.4 Å². The van der Waals surface area contributed by atoms with Crippen molar-refractivity contribution in [1.82, 2.24) is 19.9 Å². The molecule has 0 saturated carbocycles. The Morgan fingerprint density at radius 2 is 1.89 bits per heavy atom. The molecule has 0 amide bonds. The van der Waals surface area contributed by atoms with Gasteiger partial charge in [0.2, 0.25) is 5.95 Å². The third kappa shape index (κ3) is 3.57. The fourth-order valence-corrected chi connectivity index (χ4v) is 3.04. The number of halogens is 3. The fourth-order valence-electron chi connectivity index (χ4n) is 2.61. The van der Waals surface area contributed by atoms with Crippen LogP contribution in [0.25, 0.3) is 11.0 Å². The molecule has 3 aromatic heterocycles. The maximum Gasteiger partial charge on any atom is 0.223 e. The van der Waals surface area contributed by atoms with E-state index in [0.29, 0.717) is 33.2 Å². The summed E-state index contributed by atoms with van der Waals surface area (Å²) in [7, 11) is 0. The molecule has 0 unspecified atom stereocenters. The quantitative estimate of drug-likeness (QED) is 0.362. The van der Waals surface area contributed by atoms with Gasteiger partial charge in [0.15, 0.2) is 0 Å². The Labute approximate surface area is 162 Å². The molecule has 0 saturated heterocycles. The van der Waals surface area contributed by atoms with Crippen molar-refractivity contribution in [3.05, 3.63) is 58.7 Å². The number of pyridine rings is 1. The minimum Gasteiger partial charge on any atom is -0.368 e. The molecule has 4 aromatic rings.